The van der Waals surface area contributed by atoms with Gasteiger partial charge in [0.1, 0.15) is 11.9 Å². The first kappa shape index (κ1) is 25.8. The van der Waals surface area contributed by atoms with Gasteiger partial charge in [0.05, 0.1) is 15.8 Å². The number of amides is 2. The van der Waals surface area contributed by atoms with Crippen molar-refractivity contribution in [2.45, 2.75) is 38.6 Å². The number of nitrogens with one attached hydrogen (secondary N) is 1. The number of carbonyl (C=O) groups is 2. The predicted molar refractivity (Wildman–Crippen MR) is 127 cm³/mol. The molecule has 31 heavy (non-hydrogen) atoms. The van der Waals surface area contributed by atoms with Crippen LogP contribution in [0.4, 0.5) is 4.39 Å². The van der Waals surface area contributed by atoms with Crippen molar-refractivity contribution >= 4 is 58.4 Å². The van der Waals surface area contributed by atoms with Crippen molar-refractivity contribution in [1.29, 1.82) is 0 Å². The van der Waals surface area contributed by atoms with Gasteiger partial charge in [-0.1, -0.05) is 53.9 Å². The van der Waals surface area contributed by atoms with Gasteiger partial charge in [0.25, 0.3) is 0 Å². The Kier molecular flexibility index (Phi) is 10.4. The number of halogens is 4. The molecule has 1 N–H and O–H groups in total. The summed E-state index contributed by atoms with van der Waals surface area (Å²) in [4.78, 5) is 27.0. The van der Waals surface area contributed by atoms with Gasteiger partial charge >= 0.3 is 0 Å². The highest BCUT2D eigenvalue weighted by Gasteiger charge is 2.26. The highest BCUT2D eigenvalue weighted by Crippen LogP contribution is 2.26. The molecule has 0 unspecified atom stereocenters. The zero-order chi connectivity index (χ0) is 23.0. The van der Waals surface area contributed by atoms with Crippen LogP contribution in [0.1, 0.15) is 31.4 Å². The smallest absolute Gasteiger partial charge is 0.242 e. The molecule has 168 valence electrons. The van der Waals surface area contributed by atoms with Crippen LogP contribution in [0.25, 0.3) is 0 Å². The third kappa shape index (κ3) is 7.56. The summed E-state index contributed by atoms with van der Waals surface area (Å²) < 4.78 is 14.0. The van der Waals surface area contributed by atoms with Gasteiger partial charge in [-0.05, 0) is 43.2 Å². The minimum atomic E-state index is -0.689. The van der Waals surface area contributed by atoms with E-state index in [1.165, 1.54) is 28.8 Å². The van der Waals surface area contributed by atoms with E-state index in [1.807, 2.05) is 6.92 Å². The normalized spacial score (nSPS) is 11.8. The highest BCUT2D eigenvalue weighted by atomic mass is 35.5. The maximum absolute atomic E-state index is 14.0. The Labute approximate surface area is 201 Å². The Morgan fingerprint density at radius 2 is 1.87 bits per heavy atom. The minimum Gasteiger partial charge on any atom is -0.354 e. The van der Waals surface area contributed by atoms with Crippen molar-refractivity contribution in [2.75, 3.05) is 12.3 Å². The molecular formula is C22H24Cl3FN2O2S. The Balaban J connectivity index is 2.12. The Morgan fingerprint density at radius 1 is 1.13 bits per heavy atom. The van der Waals surface area contributed by atoms with Crippen LogP contribution >= 0.6 is 46.6 Å². The number of hydrogen-bond donors (Lipinski definition) is 1. The van der Waals surface area contributed by atoms with Crippen LogP contribution in [0, 0.1) is 5.82 Å². The van der Waals surface area contributed by atoms with Gasteiger partial charge in [0, 0.05) is 29.4 Å². The van der Waals surface area contributed by atoms with E-state index in [9.17, 15) is 14.0 Å². The van der Waals surface area contributed by atoms with E-state index in [2.05, 4.69) is 5.32 Å². The molecule has 0 fully saturated rings. The molecule has 0 radical (unpaired) electrons. The van der Waals surface area contributed by atoms with Crippen LogP contribution < -0.4 is 5.32 Å². The molecule has 0 saturated carbocycles. The lowest BCUT2D eigenvalue weighted by Crippen LogP contribution is -2.48. The number of rotatable bonds is 10. The van der Waals surface area contributed by atoms with Crippen molar-refractivity contribution in [2.24, 2.45) is 0 Å². The summed E-state index contributed by atoms with van der Waals surface area (Å²) >= 11 is 19.4. The predicted octanol–water partition coefficient (Wildman–Crippen LogP) is 5.96. The molecule has 0 aliphatic heterocycles. The summed E-state index contributed by atoms with van der Waals surface area (Å²) in [6, 6.07) is 8.88. The van der Waals surface area contributed by atoms with Crippen molar-refractivity contribution < 1.29 is 14.0 Å². The van der Waals surface area contributed by atoms with E-state index in [0.717, 1.165) is 12.0 Å². The average Bonchev–Trinajstić information content (AvgIpc) is 2.74. The zero-order valence-electron chi connectivity index (χ0n) is 17.3. The van der Waals surface area contributed by atoms with Crippen molar-refractivity contribution in [1.82, 2.24) is 10.2 Å². The van der Waals surface area contributed by atoms with E-state index in [0.29, 0.717) is 27.2 Å². The molecule has 0 aliphatic rings. The Hall–Kier alpha value is -1.47. The minimum absolute atomic E-state index is 0.0668. The second kappa shape index (κ2) is 12.5. The lowest BCUT2D eigenvalue weighted by Gasteiger charge is -2.29. The van der Waals surface area contributed by atoms with Crippen molar-refractivity contribution in [3.8, 4) is 0 Å². The van der Waals surface area contributed by atoms with Crippen LogP contribution in [-0.4, -0.2) is 35.1 Å². The molecule has 4 nitrogen and oxygen atoms in total. The third-order valence-corrected chi connectivity index (χ3v) is 6.62. The van der Waals surface area contributed by atoms with Crippen LogP contribution in [0.3, 0.4) is 0 Å². The molecular weight excluding hydrogens is 482 g/mol. The first-order chi connectivity index (χ1) is 14.7. The molecule has 0 aromatic heterocycles. The lowest BCUT2D eigenvalue weighted by molar-refractivity contribution is -0.138. The summed E-state index contributed by atoms with van der Waals surface area (Å²) in [5.41, 5.74) is 1.10. The van der Waals surface area contributed by atoms with Crippen molar-refractivity contribution in [3.63, 3.8) is 0 Å². The molecule has 2 aromatic rings. The first-order valence-corrected chi connectivity index (χ1v) is 12.0. The molecule has 2 rings (SSSR count). The molecule has 2 aromatic carbocycles. The molecule has 0 heterocycles. The monoisotopic (exact) mass is 504 g/mol. The number of benzene rings is 2. The van der Waals surface area contributed by atoms with Gasteiger partial charge < -0.3 is 10.2 Å². The number of nitrogens with zero attached hydrogens (tertiary/aromatic N) is 1. The van der Waals surface area contributed by atoms with Crippen LogP contribution in [-0.2, 0) is 21.9 Å². The Morgan fingerprint density at radius 3 is 2.52 bits per heavy atom. The van der Waals surface area contributed by atoms with Gasteiger partial charge in [-0.2, -0.15) is 0 Å². The van der Waals surface area contributed by atoms with E-state index in [4.69, 9.17) is 34.8 Å². The lowest BCUT2D eigenvalue weighted by atomic mass is 10.1. The molecule has 0 bridgehead atoms. The molecule has 1 atom stereocenters. The second-order valence-corrected chi connectivity index (χ2v) is 9.14. The maximum Gasteiger partial charge on any atom is 0.242 e. The molecule has 0 spiro atoms. The van der Waals surface area contributed by atoms with Crippen LogP contribution in [0.15, 0.2) is 36.4 Å². The maximum atomic E-state index is 14.0. The molecule has 0 saturated heterocycles. The van der Waals surface area contributed by atoms with Crippen LogP contribution in [0.2, 0.25) is 15.1 Å². The number of carbonyl (C=O) groups excluding carboxylic acids is 2. The molecule has 9 heteroatoms. The van der Waals surface area contributed by atoms with Gasteiger partial charge in [0.15, 0.2) is 0 Å². The fraction of sp³-hybridized carbons (Fsp3) is 0.364. The SMILES string of the molecule is CCCNC(=O)[C@H](C)N(Cc1ccc(Cl)c(Cl)c1)C(=O)CSCc1c(F)cccc1Cl. The second-order valence-electron chi connectivity index (χ2n) is 6.93. The fourth-order valence-corrected chi connectivity index (χ4v) is 4.38. The summed E-state index contributed by atoms with van der Waals surface area (Å²) in [5.74, 6) is -0.585. The summed E-state index contributed by atoms with van der Waals surface area (Å²) in [7, 11) is 0. The topological polar surface area (TPSA) is 49.4 Å². The number of hydrogen-bond acceptors (Lipinski definition) is 3. The first-order valence-electron chi connectivity index (χ1n) is 9.76. The standard InChI is InChI=1S/C22H24Cl3FN2O2S/c1-3-9-27-22(30)14(2)28(11-15-7-8-18(24)19(25)10-15)21(29)13-31-12-16-17(23)5-4-6-20(16)26/h4-8,10,14H,3,9,11-13H2,1-2H3,(H,27,30)/t14-/m0/s1. The van der Waals surface area contributed by atoms with Crippen molar-refractivity contribution in [3.05, 3.63) is 68.4 Å². The summed E-state index contributed by atoms with van der Waals surface area (Å²) in [5, 5.41) is 3.92. The Bertz CT molecular complexity index is 909. The average molecular weight is 506 g/mol. The highest BCUT2D eigenvalue weighted by molar-refractivity contribution is 7.99. The van der Waals surface area contributed by atoms with Gasteiger partial charge in [0.2, 0.25) is 11.8 Å². The molecule has 2 amide bonds. The summed E-state index contributed by atoms with van der Waals surface area (Å²) in [6.07, 6.45) is 0.790. The molecule has 0 aliphatic carbocycles. The van der Waals surface area contributed by atoms with E-state index in [-0.39, 0.29) is 29.9 Å². The fourth-order valence-electron chi connectivity index (χ4n) is 2.81. The number of thioether (sulfide) groups is 1. The van der Waals surface area contributed by atoms with E-state index >= 15 is 0 Å². The van der Waals surface area contributed by atoms with E-state index < -0.39 is 11.9 Å². The van der Waals surface area contributed by atoms with Gasteiger partial charge in [-0.25, -0.2) is 4.39 Å². The third-order valence-electron chi connectivity index (χ3n) is 4.59. The van der Waals surface area contributed by atoms with E-state index in [1.54, 1.807) is 31.2 Å². The quantitative estimate of drug-likeness (QED) is 0.433. The van der Waals surface area contributed by atoms with Crippen LogP contribution in [0.5, 0.6) is 0 Å². The van der Waals surface area contributed by atoms with Gasteiger partial charge in [-0.3, -0.25) is 9.59 Å². The zero-order valence-corrected chi connectivity index (χ0v) is 20.3. The van der Waals surface area contributed by atoms with Gasteiger partial charge in [-0.15, -0.1) is 11.8 Å². The largest absolute Gasteiger partial charge is 0.354 e. The summed E-state index contributed by atoms with van der Waals surface area (Å²) in [6.45, 7) is 4.35.